The van der Waals surface area contributed by atoms with Gasteiger partial charge < -0.3 is 4.90 Å². The Kier molecular flexibility index (Phi) is 5.51. The maximum Gasteiger partial charge on any atom is 0.253 e. The van der Waals surface area contributed by atoms with Crippen molar-refractivity contribution in [1.82, 2.24) is 9.21 Å². The Morgan fingerprint density at radius 1 is 0.821 bits per heavy atom. The number of hydrogen-bond donors (Lipinski definition) is 0. The van der Waals surface area contributed by atoms with Gasteiger partial charge >= 0.3 is 0 Å². The first-order valence-electron chi connectivity index (χ1n) is 9.99. The zero-order chi connectivity index (χ0) is 19.6. The molecule has 0 radical (unpaired) electrons. The van der Waals surface area contributed by atoms with Crippen LogP contribution < -0.4 is 0 Å². The predicted octanol–water partition coefficient (Wildman–Crippen LogP) is 3.38. The van der Waals surface area contributed by atoms with E-state index in [1.807, 2.05) is 54.6 Å². The van der Waals surface area contributed by atoms with Crippen molar-refractivity contribution in [3.8, 4) is 11.1 Å². The van der Waals surface area contributed by atoms with E-state index in [-0.39, 0.29) is 11.2 Å². The van der Waals surface area contributed by atoms with Gasteiger partial charge in [-0.3, -0.25) is 4.79 Å². The number of carbonyl (C=O) groups excluding carboxylic acids is 1. The summed E-state index contributed by atoms with van der Waals surface area (Å²) in [5, 5.41) is -0.225. The molecule has 1 aliphatic heterocycles. The van der Waals surface area contributed by atoms with E-state index in [0.29, 0.717) is 31.7 Å². The fourth-order valence-corrected chi connectivity index (χ4v) is 6.21. The molecule has 5 nitrogen and oxygen atoms in total. The van der Waals surface area contributed by atoms with E-state index < -0.39 is 10.0 Å². The van der Waals surface area contributed by atoms with Crippen molar-refractivity contribution in [1.29, 1.82) is 0 Å². The van der Waals surface area contributed by atoms with Crippen LogP contribution >= 0.6 is 0 Å². The van der Waals surface area contributed by atoms with Crippen LogP contribution in [0.25, 0.3) is 11.1 Å². The number of rotatable bonds is 4. The minimum atomic E-state index is -3.22. The minimum Gasteiger partial charge on any atom is -0.336 e. The number of hydrogen-bond acceptors (Lipinski definition) is 3. The maximum absolute atomic E-state index is 13.0. The lowest BCUT2D eigenvalue weighted by molar-refractivity contribution is 0.0697. The Morgan fingerprint density at radius 2 is 1.46 bits per heavy atom. The second kappa shape index (κ2) is 8.05. The average Bonchev–Trinajstić information content (AvgIpc) is 3.30. The SMILES string of the molecule is O=C(c1cccc(-c2ccccc2)c1)N1CCN(S(=O)(=O)C2CCCC2)CC1. The Hall–Kier alpha value is -2.18. The van der Waals surface area contributed by atoms with E-state index >= 15 is 0 Å². The molecule has 4 rings (SSSR count). The number of piperazine rings is 1. The minimum absolute atomic E-state index is 0.0318. The molecule has 2 aromatic rings. The summed E-state index contributed by atoms with van der Waals surface area (Å²) in [6, 6.07) is 17.6. The van der Waals surface area contributed by atoms with E-state index in [4.69, 9.17) is 0 Å². The van der Waals surface area contributed by atoms with Gasteiger partial charge in [-0.05, 0) is 36.1 Å². The van der Waals surface area contributed by atoms with Crippen LogP contribution in [0.2, 0.25) is 0 Å². The Balaban J connectivity index is 1.43. The molecule has 2 fully saturated rings. The second-order valence-corrected chi connectivity index (χ2v) is 9.80. The molecule has 0 N–H and O–H groups in total. The largest absolute Gasteiger partial charge is 0.336 e. The number of amides is 1. The van der Waals surface area contributed by atoms with Gasteiger partial charge in [-0.25, -0.2) is 8.42 Å². The molecule has 1 saturated carbocycles. The van der Waals surface area contributed by atoms with Gasteiger partial charge in [-0.2, -0.15) is 4.31 Å². The molecule has 1 saturated heterocycles. The van der Waals surface area contributed by atoms with E-state index in [1.54, 1.807) is 9.21 Å². The summed E-state index contributed by atoms with van der Waals surface area (Å²) >= 11 is 0. The molecule has 0 unspecified atom stereocenters. The summed E-state index contributed by atoms with van der Waals surface area (Å²) < 4.78 is 27.1. The summed E-state index contributed by atoms with van der Waals surface area (Å²) in [7, 11) is -3.22. The van der Waals surface area contributed by atoms with Crippen molar-refractivity contribution in [2.45, 2.75) is 30.9 Å². The average molecular weight is 399 g/mol. The highest BCUT2D eigenvalue weighted by Crippen LogP contribution is 2.28. The van der Waals surface area contributed by atoms with Gasteiger partial charge in [0.1, 0.15) is 0 Å². The lowest BCUT2D eigenvalue weighted by Crippen LogP contribution is -2.52. The summed E-state index contributed by atoms with van der Waals surface area (Å²) in [6.07, 6.45) is 3.54. The Bertz CT molecular complexity index is 929. The monoisotopic (exact) mass is 398 g/mol. The first-order valence-corrected chi connectivity index (χ1v) is 11.5. The van der Waals surface area contributed by atoms with E-state index in [9.17, 15) is 13.2 Å². The highest BCUT2D eigenvalue weighted by Gasteiger charge is 2.36. The second-order valence-electron chi connectivity index (χ2n) is 7.59. The standard InChI is InChI=1S/C22H26N2O3S/c25-22(20-10-6-9-19(17-20)18-7-2-1-3-8-18)23-13-15-24(16-14-23)28(26,27)21-11-4-5-12-21/h1-3,6-10,17,21H,4-5,11-16H2. The molecule has 2 aromatic carbocycles. The molecule has 0 aromatic heterocycles. The zero-order valence-corrected chi connectivity index (χ0v) is 16.8. The van der Waals surface area contributed by atoms with Crippen LogP contribution in [0.4, 0.5) is 0 Å². The summed E-state index contributed by atoms with van der Waals surface area (Å²) in [4.78, 5) is 14.7. The lowest BCUT2D eigenvalue weighted by atomic mass is 10.0. The molecule has 2 aliphatic rings. The van der Waals surface area contributed by atoms with Crippen molar-refractivity contribution in [2.75, 3.05) is 26.2 Å². The molecule has 0 spiro atoms. The fourth-order valence-electron chi connectivity index (χ4n) is 4.19. The van der Waals surface area contributed by atoms with Crippen LogP contribution in [0, 0.1) is 0 Å². The van der Waals surface area contributed by atoms with E-state index in [1.165, 1.54) is 0 Å². The molecule has 28 heavy (non-hydrogen) atoms. The molecule has 1 heterocycles. The van der Waals surface area contributed by atoms with Gasteiger partial charge in [-0.1, -0.05) is 55.3 Å². The van der Waals surface area contributed by atoms with Gasteiger partial charge in [0, 0.05) is 31.7 Å². The molecule has 0 atom stereocenters. The lowest BCUT2D eigenvalue weighted by Gasteiger charge is -2.35. The smallest absolute Gasteiger partial charge is 0.253 e. The number of sulfonamides is 1. The van der Waals surface area contributed by atoms with E-state index in [0.717, 1.165) is 36.8 Å². The predicted molar refractivity (Wildman–Crippen MR) is 111 cm³/mol. The molecule has 1 aliphatic carbocycles. The summed E-state index contributed by atoms with van der Waals surface area (Å²) in [6.45, 7) is 1.67. The highest BCUT2D eigenvalue weighted by atomic mass is 32.2. The highest BCUT2D eigenvalue weighted by molar-refractivity contribution is 7.89. The van der Waals surface area contributed by atoms with Gasteiger partial charge in [0.15, 0.2) is 0 Å². The zero-order valence-electron chi connectivity index (χ0n) is 16.0. The quantitative estimate of drug-likeness (QED) is 0.793. The van der Waals surface area contributed by atoms with Gasteiger partial charge in [-0.15, -0.1) is 0 Å². The van der Waals surface area contributed by atoms with Crippen LogP contribution in [-0.2, 0) is 10.0 Å². The normalized spacial score (nSPS) is 19.1. The van der Waals surface area contributed by atoms with Crippen LogP contribution in [0.1, 0.15) is 36.0 Å². The molecule has 148 valence electrons. The van der Waals surface area contributed by atoms with Gasteiger partial charge in [0.05, 0.1) is 5.25 Å². The van der Waals surface area contributed by atoms with Crippen LogP contribution in [0.5, 0.6) is 0 Å². The molecule has 1 amide bonds. The molecule has 6 heteroatoms. The van der Waals surface area contributed by atoms with Crippen molar-refractivity contribution in [2.24, 2.45) is 0 Å². The Morgan fingerprint density at radius 3 is 2.14 bits per heavy atom. The van der Waals surface area contributed by atoms with Gasteiger partial charge in [0.2, 0.25) is 10.0 Å². The first-order chi connectivity index (χ1) is 13.6. The first kappa shape index (κ1) is 19.2. The molecule has 0 bridgehead atoms. The summed E-state index contributed by atoms with van der Waals surface area (Å²) in [5.74, 6) is -0.0318. The number of carbonyl (C=O) groups is 1. The number of nitrogens with zero attached hydrogens (tertiary/aromatic N) is 2. The maximum atomic E-state index is 13.0. The van der Waals surface area contributed by atoms with Crippen molar-refractivity contribution >= 4 is 15.9 Å². The van der Waals surface area contributed by atoms with Crippen LogP contribution in [-0.4, -0.2) is 55.0 Å². The van der Waals surface area contributed by atoms with Crippen LogP contribution in [0.3, 0.4) is 0 Å². The third kappa shape index (κ3) is 3.84. The number of benzene rings is 2. The third-order valence-corrected chi connectivity index (χ3v) is 8.22. The fraction of sp³-hybridized carbons (Fsp3) is 0.409. The van der Waals surface area contributed by atoms with E-state index in [2.05, 4.69) is 0 Å². The van der Waals surface area contributed by atoms with Crippen LogP contribution in [0.15, 0.2) is 54.6 Å². The van der Waals surface area contributed by atoms with Crippen molar-refractivity contribution in [3.63, 3.8) is 0 Å². The topological polar surface area (TPSA) is 57.7 Å². The summed E-state index contributed by atoms with van der Waals surface area (Å²) in [5.41, 5.74) is 2.73. The van der Waals surface area contributed by atoms with Crippen molar-refractivity contribution < 1.29 is 13.2 Å². The third-order valence-electron chi connectivity index (χ3n) is 5.83. The van der Waals surface area contributed by atoms with Gasteiger partial charge in [0.25, 0.3) is 5.91 Å². The Labute approximate surface area is 167 Å². The molecular formula is C22H26N2O3S. The van der Waals surface area contributed by atoms with Crippen molar-refractivity contribution in [3.05, 3.63) is 60.2 Å². The molecular weight excluding hydrogens is 372 g/mol.